The highest BCUT2D eigenvalue weighted by Crippen LogP contribution is 2.32. The predicted molar refractivity (Wildman–Crippen MR) is 123 cm³/mol. The molecule has 1 heterocycles. The molecule has 1 N–H and O–H groups in total. The summed E-state index contributed by atoms with van der Waals surface area (Å²) in [5, 5.41) is 11.3. The minimum Gasteiger partial charge on any atom is -0.372 e. The third-order valence-electron chi connectivity index (χ3n) is 5.85. The van der Waals surface area contributed by atoms with E-state index in [2.05, 4.69) is 10.8 Å². The fourth-order valence-corrected chi connectivity index (χ4v) is 5.29. The normalized spacial score (nSPS) is 16.3. The molecule has 0 spiro atoms. The van der Waals surface area contributed by atoms with Crippen molar-refractivity contribution in [1.82, 2.24) is 0 Å². The van der Waals surface area contributed by atoms with E-state index in [4.69, 9.17) is 6.42 Å². The molecular formula is C26H25NO3S. The number of benzene rings is 3. The maximum atomic E-state index is 12.8. The maximum absolute atomic E-state index is 12.8. The van der Waals surface area contributed by atoms with Crippen molar-refractivity contribution in [3.05, 3.63) is 90.0 Å². The van der Waals surface area contributed by atoms with E-state index in [1.807, 2.05) is 24.3 Å². The second kappa shape index (κ2) is 8.58. The third-order valence-corrected chi connectivity index (χ3v) is 7.64. The van der Waals surface area contributed by atoms with Crippen molar-refractivity contribution < 1.29 is 13.5 Å². The van der Waals surface area contributed by atoms with E-state index in [0.29, 0.717) is 11.1 Å². The van der Waals surface area contributed by atoms with Gasteiger partial charge >= 0.3 is 0 Å². The molecule has 1 aliphatic rings. The third kappa shape index (κ3) is 4.10. The molecule has 0 amide bonds. The first kappa shape index (κ1) is 21.2. The lowest BCUT2D eigenvalue weighted by Crippen LogP contribution is -2.29. The number of sulfone groups is 1. The second-order valence-corrected chi connectivity index (χ2v) is 9.74. The van der Waals surface area contributed by atoms with E-state index < -0.39 is 15.4 Å². The first-order valence-corrected chi connectivity index (χ1v) is 11.9. The minimum absolute atomic E-state index is 0.155. The lowest BCUT2D eigenvalue weighted by Gasteiger charge is -2.30. The van der Waals surface area contributed by atoms with Crippen LogP contribution in [0.2, 0.25) is 0 Å². The molecule has 0 saturated carbocycles. The van der Waals surface area contributed by atoms with Crippen LogP contribution in [0.1, 0.15) is 30.4 Å². The van der Waals surface area contributed by atoms with Gasteiger partial charge in [0.1, 0.15) is 0 Å². The zero-order valence-electron chi connectivity index (χ0n) is 17.2. The number of piperidine rings is 1. The van der Waals surface area contributed by atoms with Gasteiger partial charge in [0.05, 0.1) is 9.79 Å². The van der Waals surface area contributed by atoms with Crippen LogP contribution in [0.15, 0.2) is 88.7 Å². The van der Waals surface area contributed by atoms with Crippen LogP contribution in [0.25, 0.3) is 0 Å². The van der Waals surface area contributed by atoms with Crippen LogP contribution < -0.4 is 4.90 Å². The van der Waals surface area contributed by atoms with Gasteiger partial charge in [-0.3, -0.25) is 0 Å². The standard InChI is InChI=1S/C26H25NO3S/c1-2-26(28,21-11-15-23(16-12-21)27-19-7-4-8-20-27)22-13-17-25(18-14-22)31(29,30)24-9-5-3-6-10-24/h1,3,5-6,9-18,28H,4,7-8,19-20H2. The topological polar surface area (TPSA) is 57.6 Å². The molecule has 0 aromatic heterocycles. The van der Waals surface area contributed by atoms with Crippen molar-refractivity contribution in [1.29, 1.82) is 0 Å². The van der Waals surface area contributed by atoms with Crippen LogP contribution >= 0.6 is 0 Å². The molecule has 3 aromatic carbocycles. The van der Waals surface area contributed by atoms with Gasteiger partial charge < -0.3 is 10.0 Å². The summed E-state index contributed by atoms with van der Waals surface area (Å²) in [4.78, 5) is 2.72. The largest absolute Gasteiger partial charge is 0.372 e. The van der Waals surface area contributed by atoms with Crippen molar-refractivity contribution >= 4 is 15.5 Å². The average molecular weight is 432 g/mol. The molecule has 31 heavy (non-hydrogen) atoms. The first-order valence-electron chi connectivity index (χ1n) is 10.4. The summed E-state index contributed by atoms with van der Waals surface area (Å²) in [6.45, 7) is 2.08. The van der Waals surface area contributed by atoms with Crippen molar-refractivity contribution in [2.45, 2.75) is 34.7 Å². The number of aliphatic hydroxyl groups is 1. The van der Waals surface area contributed by atoms with Gasteiger partial charge in [-0.1, -0.05) is 48.4 Å². The molecule has 158 valence electrons. The Bertz CT molecular complexity index is 1170. The summed E-state index contributed by atoms with van der Waals surface area (Å²) in [7, 11) is -3.63. The number of terminal acetylenes is 1. The van der Waals surface area contributed by atoms with Gasteiger partial charge in [0.2, 0.25) is 9.84 Å². The molecule has 5 heteroatoms. The molecule has 1 fully saturated rings. The van der Waals surface area contributed by atoms with Crippen LogP contribution in [0.3, 0.4) is 0 Å². The van der Waals surface area contributed by atoms with Gasteiger partial charge in [0.25, 0.3) is 0 Å². The van der Waals surface area contributed by atoms with Gasteiger partial charge in [-0.2, -0.15) is 0 Å². The summed E-state index contributed by atoms with van der Waals surface area (Å²) in [5.41, 5.74) is 0.504. The molecule has 0 aliphatic carbocycles. The van der Waals surface area contributed by atoms with Crippen molar-refractivity contribution in [3.63, 3.8) is 0 Å². The van der Waals surface area contributed by atoms with Crippen molar-refractivity contribution in [2.75, 3.05) is 18.0 Å². The summed E-state index contributed by atoms with van der Waals surface area (Å²) in [6.07, 6.45) is 9.38. The predicted octanol–water partition coefficient (Wildman–Crippen LogP) is 4.38. The Hall–Kier alpha value is -3.07. The Balaban J connectivity index is 1.62. The van der Waals surface area contributed by atoms with E-state index in [1.54, 1.807) is 42.5 Å². The summed E-state index contributed by atoms with van der Waals surface area (Å²) < 4.78 is 25.6. The highest BCUT2D eigenvalue weighted by atomic mass is 32.2. The summed E-state index contributed by atoms with van der Waals surface area (Å²) >= 11 is 0. The SMILES string of the molecule is C#CC(O)(c1ccc(N2CCCCC2)cc1)c1ccc(S(=O)(=O)c2ccccc2)cc1. The fraction of sp³-hybridized carbons (Fsp3) is 0.231. The van der Waals surface area contributed by atoms with Gasteiger partial charge in [-0.05, 0) is 55.7 Å². The van der Waals surface area contributed by atoms with Crippen molar-refractivity contribution in [3.8, 4) is 12.3 Å². The van der Waals surface area contributed by atoms with Crippen molar-refractivity contribution in [2.24, 2.45) is 0 Å². The number of hydrogen-bond acceptors (Lipinski definition) is 4. The van der Waals surface area contributed by atoms with Gasteiger partial charge in [-0.25, -0.2) is 8.42 Å². The molecule has 0 bridgehead atoms. The maximum Gasteiger partial charge on any atom is 0.206 e. The Morgan fingerprint density at radius 2 is 1.29 bits per heavy atom. The number of anilines is 1. The van der Waals surface area contributed by atoms with E-state index in [0.717, 1.165) is 18.8 Å². The molecule has 1 aliphatic heterocycles. The van der Waals surface area contributed by atoms with Crippen LogP contribution in [0, 0.1) is 12.3 Å². The number of nitrogens with zero attached hydrogens (tertiary/aromatic N) is 1. The lowest BCUT2D eigenvalue weighted by atomic mass is 9.87. The molecular weight excluding hydrogens is 406 g/mol. The molecule has 0 radical (unpaired) electrons. The Labute approximate surface area is 184 Å². The van der Waals surface area contributed by atoms with E-state index >= 15 is 0 Å². The number of hydrogen-bond donors (Lipinski definition) is 1. The Kier molecular flexibility index (Phi) is 5.86. The van der Waals surface area contributed by atoms with Gasteiger partial charge in [-0.15, -0.1) is 6.42 Å². The highest BCUT2D eigenvalue weighted by Gasteiger charge is 2.30. The molecule has 1 saturated heterocycles. The molecule has 4 nitrogen and oxygen atoms in total. The Morgan fingerprint density at radius 1 is 0.774 bits per heavy atom. The van der Waals surface area contributed by atoms with Gasteiger partial charge in [0, 0.05) is 29.9 Å². The van der Waals surface area contributed by atoms with E-state index in [9.17, 15) is 13.5 Å². The Morgan fingerprint density at radius 3 is 1.84 bits per heavy atom. The minimum atomic E-state index is -3.63. The van der Waals surface area contributed by atoms with Crippen LogP contribution in [0.4, 0.5) is 5.69 Å². The molecule has 1 unspecified atom stereocenters. The first-order chi connectivity index (χ1) is 14.9. The summed E-state index contributed by atoms with van der Waals surface area (Å²) in [6, 6.07) is 22.1. The second-order valence-electron chi connectivity index (χ2n) is 7.79. The summed E-state index contributed by atoms with van der Waals surface area (Å²) in [5.74, 6) is 2.49. The zero-order valence-corrected chi connectivity index (χ0v) is 18.1. The quantitative estimate of drug-likeness (QED) is 0.609. The lowest BCUT2D eigenvalue weighted by molar-refractivity contribution is 0.145. The highest BCUT2D eigenvalue weighted by molar-refractivity contribution is 7.91. The van der Waals surface area contributed by atoms with E-state index in [-0.39, 0.29) is 9.79 Å². The van der Waals surface area contributed by atoms with E-state index in [1.165, 1.54) is 31.4 Å². The zero-order chi connectivity index (χ0) is 21.9. The molecule has 3 aromatic rings. The van der Waals surface area contributed by atoms with Gasteiger partial charge in [0.15, 0.2) is 5.60 Å². The number of rotatable bonds is 5. The molecule has 4 rings (SSSR count). The van der Waals surface area contributed by atoms with Crippen LogP contribution in [0.5, 0.6) is 0 Å². The fourth-order valence-electron chi connectivity index (χ4n) is 4.01. The average Bonchev–Trinajstić information content (AvgIpc) is 2.85. The monoisotopic (exact) mass is 431 g/mol. The molecule has 1 atom stereocenters. The van der Waals surface area contributed by atoms with Crippen LogP contribution in [-0.4, -0.2) is 26.6 Å². The van der Waals surface area contributed by atoms with Crippen LogP contribution in [-0.2, 0) is 15.4 Å². The smallest absolute Gasteiger partial charge is 0.206 e.